The summed E-state index contributed by atoms with van der Waals surface area (Å²) in [5.74, 6) is 0.163. The fourth-order valence-electron chi connectivity index (χ4n) is 6.84. The van der Waals surface area contributed by atoms with Crippen LogP contribution in [0.4, 0.5) is 17.1 Å². The van der Waals surface area contributed by atoms with Gasteiger partial charge in [-0.25, -0.2) is 0 Å². The Morgan fingerprint density at radius 2 is 1.78 bits per heavy atom. The van der Waals surface area contributed by atoms with Crippen LogP contribution in [-0.4, -0.2) is 41.8 Å². The zero-order valence-electron chi connectivity index (χ0n) is 23.3. The Hall–Kier alpha value is -3.79. The summed E-state index contributed by atoms with van der Waals surface area (Å²) in [6.45, 7) is 1.24. The van der Waals surface area contributed by atoms with E-state index < -0.39 is 16.9 Å². The highest BCUT2D eigenvalue weighted by Crippen LogP contribution is 2.40. The van der Waals surface area contributed by atoms with Gasteiger partial charge in [0.15, 0.2) is 0 Å². The molecular weight excluding hydrogens is 522 g/mol. The molecule has 0 radical (unpaired) electrons. The maximum absolute atomic E-state index is 14.1. The number of anilines is 2. The third-order valence-electron chi connectivity index (χ3n) is 9.01. The number of non-ortho nitro benzene ring substituents is 1. The molecule has 10 nitrogen and oxygen atoms in total. The van der Waals surface area contributed by atoms with Crippen LogP contribution in [0.3, 0.4) is 0 Å². The number of benzene rings is 2. The van der Waals surface area contributed by atoms with Gasteiger partial charge in [0.2, 0.25) is 5.91 Å². The van der Waals surface area contributed by atoms with E-state index in [-0.39, 0.29) is 35.4 Å². The lowest BCUT2D eigenvalue weighted by Gasteiger charge is -2.37. The van der Waals surface area contributed by atoms with E-state index in [1.807, 2.05) is 0 Å². The molecule has 3 unspecified atom stereocenters. The molecule has 0 bridgehead atoms. The van der Waals surface area contributed by atoms with Crippen molar-refractivity contribution in [1.82, 2.24) is 5.32 Å². The maximum atomic E-state index is 14.1. The number of hydrogen-bond acceptors (Lipinski definition) is 6. The number of rotatable bonds is 7. The minimum Gasteiger partial charge on any atom is -0.352 e. The highest BCUT2D eigenvalue weighted by molar-refractivity contribution is 6.12. The normalized spacial score (nSPS) is 23.2. The lowest BCUT2D eigenvalue weighted by atomic mass is 9.81. The average molecular weight is 562 g/mol. The standard InChI is InChI=1S/C31H39N5O5/c32-18-20-6-4-7-21(14-20)19-33-30(38)23-12-13-27-26(16-23)34-29(37)17-28(22-8-2-1-3-9-22)35(27)31(39)24-10-5-11-25(15-24)36(40)41/h5,10-13,15-16,20-22,28H,1-4,6-9,14,17-19,32H2,(H,33,38)(H,34,37). The van der Waals surface area contributed by atoms with Crippen LogP contribution in [-0.2, 0) is 4.79 Å². The van der Waals surface area contributed by atoms with E-state index in [9.17, 15) is 24.5 Å². The smallest absolute Gasteiger partial charge is 0.270 e. The zero-order valence-corrected chi connectivity index (χ0v) is 23.3. The number of nitrogens with two attached hydrogens (primary N) is 1. The molecule has 218 valence electrons. The number of carbonyl (C=O) groups excluding carboxylic acids is 3. The molecule has 2 aromatic rings. The SMILES string of the molecule is NCC1CCCC(CNC(=O)c2ccc3c(c2)NC(=O)CC(C2CCCCC2)N3C(=O)c2cccc([N+](=O)[O-])c2)C1. The lowest BCUT2D eigenvalue weighted by Crippen LogP contribution is -2.46. The monoisotopic (exact) mass is 561 g/mol. The Morgan fingerprint density at radius 1 is 1.00 bits per heavy atom. The number of amides is 3. The van der Waals surface area contributed by atoms with Crippen molar-refractivity contribution in [3.63, 3.8) is 0 Å². The van der Waals surface area contributed by atoms with Crippen LogP contribution < -0.4 is 21.3 Å². The van der Waals surface area contributed by atoms with E-state index in [2.05, 4.69) is 10.6 Å². The first-order valence-corrected chi connectivity index (χ1v) is 14.8. The molecule has 41 heavy (non-hydrogen) atoms. The summed E-state index contributed by atoms with van der Waals surface area (Å²) < 4.78 is 0. The molecule has 1 aliphatic heterocycles. The Balaban J connectivity index is 1.44. The molecule has 2 saturated carbocycles. The van der Waals surface area contributed by atoms with Crippen molar-refractivity contribution in [2.45, 2.75) is 70.3 Å². The van der Waals surface area contributed by atoms with Crippen LogP contribution in [0.2, 0.25) is 0 Å². The van der Waals surface area contributed by atoms with Crippen molar-refractivity contribution >= 4 is 34.8 Å². The number of hydrogen-bond donors (Lipinski definition) is 3. The molecule has 3 aliphatic rings. The van der Waals surface area contributed by atoms with Crippen molar-refractivity contribution in [2.24, 2.45) is 23.5 Å². The van der Waals surface area contributed by atoms with Gasteiger partial charge in [0.25, 0.3) is 17.5 Å². The van der Waals surface area contributed by atoms with E-state index >= 15 is 0 Å². The summed E-state index contributed by atoms with van der Waals surface area (Å²) in [5.41, 5.74) is 7.17. The highest BCUT2D eigenvalue weighted by Gasteiger charge is 2.38. The fourth-order valence-corrected chi connectivity index (χ4v) is 6.84. The van der Waals surface area contributed by atoms with E-state index in [1.54, 1.807) is 29.2 Å². The van der Waals surface area contributed by atoms with Gasteiger partial charge in [-0.1, -0.05) is 31.7 Å². The number of fused-ring (bicyclic) bond motifs is 1. The summed E-state index contributed by atoms with van der Waals surface area (Å²) in [6.07, 6.45) is 9.42. The van der Waals surface area contributed by atoms with Crippen molar-refractivity contribution < 1.29 is 19.3 Å². The lowest BCUT2D eigenvalue weighted by molar-refractivity contribution is -0.384. The number of nitrogens with zero attached hydrogens (tertiary/aromatic N) is 2. The van der Waals surface area contributed by atoms with Crippen LogP contribution in [0, 0.1) is 27.9 Å². The topological polar surface area (TPSA) is 148 Å². The van der Waals surface area contributed by atoms with E-state index in [0.29, 0.717) is 41.9 Å². The van der Waals surface area contributed by atoms with Gasteiger partial charge in [0.1, 0.15) is 0 Å². The van der Waals surface area contributed by atoms with E-state index in [0.717, 1.165) is 57.8 Å². The molecule has 2 fully saturated rings. The van der Waals surface area contributed by atoms with Crippen LogP contribution in [0.15, 0.2) is 42.5 Å². The van der Waals surface area contributed by atoms with Crippen LogP contribution >= 0.6 is 0 Å². The van der Waals surface area contributed by atoms with Gasteiger partial charge in [-0.3, -0.25) is 24.5 Å². The minimum absolute atomic E-state index is 0.117. The first-order chi connectivity index (χ1) is 19.8. The number of nitro benzene ring substituents is 1. The van der Waals surface area contributed by atoms with Crippen LogP contribution in [0.1, 0.15) is 84.9 Å². The fraction of sp³-hybridized carbons (Fsp3) is 0.516. The molecule has 0 saturated heterocycles. The Labute approximate surface area is 240 Å². The molecule has 0 aromatic heterocycles. The van der Waals surface area contributed by atoms with Gasteiger partial charge < -0.3 is 21.3 Å². The number of nitro groups is 1. The van der Waals surface area contributed by atoms with Crippen LogP contribution in [0.5, 0.6) is 0 Å². The molecular formula is C31H39N5O5. The summed E-state index contributed by atoms with van der Waals surface area (Å²) in [7, 11) is 0. The number of carbonyl (C=O) groups is 3. The molecule has 3 amide bonds. The molecule has 0 spiro atoms. The van der Waals surface area contributed by atoms with Gasteiger partial charge >= 0.3 is 0 Å². The maximum Gasteiger partial charge on any atom is 0.270 e. The van der Waals surface area contributed by atoms with Gasteiger partial charge in [-0.15, -0.1) is 0 Å². The first-order valence-electron chi connectivity index (χ1n) is 14.8. The second-order valence-corrected chi connectivity index (χ2v) is 11.8. The quantitative estimate of drug-likeness (QED) is 0.319. The molecule has 10 heteroatoms. The number of nitrogens with one attached hydrogen (secondary N) is 2. The van der Waals surface area contributed by atoms with Crippen molar-refractivity contribution in [3.05, 3.63) is 63.7 Å². The summed E-state index contributed by atoms with van der Waals surface area (Å²) in [4.78, 5) is 52.9. The second kappa shape index (κ2) is 12.8. The molecule has 1 heterocycles. The van der Waals surface area contributed by atoms with Crippen LogP contribution in [0.25, 0.3) is 0 Å². The van der Waals surface area contributed by atoms with Crippen molar-refractivity contribution in [2.75, 3.05) is 23.3 Å². The molecule has 5 rings (SSSR count). The van der Waals surface area contributed by atoms with Gasteiger partial charge in [-0.2, -0.15) is 0 Å². The van der Waals surface area contributed by atoms with Crippen molar-refractivity contribution in [1.29, 1.82) is 0 Å². The minimum atomic E-state index is -0.523. The third kappa shape index (κ3) is 6.59. The van der Waals surface area contributed by atoms with Gasteiger partial charge in [0.05, 0.1) is 16.3 Å². The van der Waals surface area contributed by atoms with Crippen molar-refractivity contribution in [3.8, 4) is 0 Å². The second-order valence-electron chi connectivity index (χ2n) is 11.8. The van der Waals surface area contributed by atoms with E-state index in [1.165, 1.54) is 18.2 Å². The first kappa shape index (κ1) is 28.7. The Bertz CT molecular complexity index is 1310. The summed E-state index contributed by atoms with van der Waals surface area (Å²) in [5, 5.41) is 17.4. The predicted molar refractivity (Wildman–Crippen MR) is 157 cm³/mol. The zero-order chi connectivity index (χ0) is 28.9. The van der Waals surface area contributed by atoms with Gasteiger partial charge in [0, 0.05) is 42.3 Å². The summed E-state index contributed by atoms with van der Waals surface area (Å²) in [6, 6.07) is 10.3. The Morgan fingerprint density at radius 3 is 2.54 bits per heavy atom. The predicted octanol–water partition coefficient (Wildman–Crippen LogP) is 5.03. The third-order valence-corrected chi connectivity index (χ3v) is 9.01. The largest absolute Gasteiger partial charge is 0.352 e. The molecule has 2 aliphatic carbocycles. The average Bonchev–Trinajstić information content (AvgIpc) is 3.15. The highest BCUT2D eigenvalue weighted by atomic mass is 16.6. The Kier molecular flexibility index (Phi) is 8.97. The molecule has 2 aromatic carbocycles. The van der Waals surface area contributed by atoms with Gasteiger partial charge in [-0.05, 0) is 80.7 Å². The molecule has 3 atom stereocenters. The summed E-state index contributed by atoms with van der Waals surface area (Å²) >= 11 is 0. The van der Waals surface area contributed by atoms with E-state index in [4.69, 9.17) is 5.73 Å². The molecule has 4 N–H and O–H groups in total.